The van der Waals surface area contributed by atoms with Crippen LogP contribution in [0, 0.1) is 0 Å². The van der Waals surface area contributed by atoms with E-state index in [2.05, 4.69) is 4.72 Å². The van der Waals surface area contributed by atoms with E-state index in [-0.39, 0.29) is 24.5 Å². The van der Waals surface area contributed by atoms with Gasteiger partial charge in [0.25, 0.3) is 0 Å². The van der Waals surface area contributed by atoms with Crippen LogP contribution in [0.1, 0.15) is 5.76 Å². The van der Waals surface area contributed by atoms with Gasteiger partial charge in [0.05, 0.1) is 24.0 Å². The predicted octanol–water partition coefficient (Wildman–Crippen LogP) is 1.67. The molecule has 10 heteroatoms. The van der Waals surface area contributed by atoms with Crippen LogP contribution < -0.4 is 4.72 Å². The highest BCUT2D eigenvalue weighted by Gasteiger charge is 2.20. The summed E-state index contributed by atoms with van der Waals surface area (Å²) in [5, 5.41) is 0.427. The molecule has 0 spiro atoms. The molecule has 0 saturated carbocycles. The Morgan fingerprint density at radius 1 is 1.12 bits per heavy atom. The molecule has 2 rings (SSSR count). The van der Waals surface area contributed by atoms with Crippen molar-refractivity contribution >= 4 is 31.6 Å². The second-order valence-electron chi connectivity index (χ2n) is 5.03. The lowest BCUT2D eigenvalue weighted by Gasteiger charge is -2.19. The maximum atomic E-state index is 12.2. The number of hydrogen-bond acceptors (Lipinski definition) is 5. The second kappa shape index (κ2) is 7.66. The van der Waals surface area contributed by atoms with Crippen LogP contribution in [-0.4, -0.2) is 40.5 Å². The number of benzene rings is 1. The highest BCUT2D eigenvalue weighted by Crippen LogP contribution is 2.14. The molecule has 0 amide bonds. The molecule has 1 aromatic carbocycles. The van der Waals surface area contributed by atoms with E-state index in [9.17, 15) is 16.8 Å². The molecule has 0 unspecified atom stereocenters. The summed E-state index contributed by atoms with van der Waals surface area (Å²) in [6.45, 7) is -0.0560. The Morgan fingerprint density at radius 2 is 1.79 bits per heavy atom. The zero-order valence-electron chi connectivity index (χ0n) is 12.8. The van der Waals surface area contributed by atoms with Crippen LogP contribution in [0.4, 0.5) is 0 Å². The Balaban J connectivity index is 2.00. The number of halogens is 1. The van der Waals surface area contributed by atoms with Gasteiger partial charge in [-0.3, -0.25) is 0 Å². The first-order chi connectivity index (χ1) is 11.2. The lowest BCUT2D eigenvalue weighted by Crippen LogP contribution is -2.37. The first kappa shape index (κ1) is 18.9. The molecule has 0 radical (unpaired) electrons. The first-order valence-corrected chi connectivity index (χ1v) is 10.6. The van der Waals surface area contributed by atoms with Crippen molar-refractivity contribution in [3.05, 3.63) is 53.4 Å². The third-order valence-corrected chi connectivity index (χ3v) is 6.14. The standard InChI is InChI=1S/C14H17ClN2O5S2/c1-23(18,19)17(11-13-3-2-10-22-13)9-8-16-24(20,21)14-6-4-12(15)5-7-14/h2-7,10,16H,8-9,11H2,1H3. The van der Waals surface area contributed by atoms with Crippen LogP contribution >= 0.6 is 11.6 Å². The molecule has 0 bridgehead atoms. The summed E-state index contributed by atoms with van der Waals surface area (Å²) in [4.78, 5) is 0.0591. The van der Waals surface area contributed by atoms with E-state index in [0.717, 1.165) is 10.6 Å². The van der Waals surface area contributed by atoms with Gasteiger partial charge in [0.2, 0.25) is 20.0 Å². The van der Waals surface area contributed by atoms with Gasteiger partial charge in [0.15, 0.2) is 0 Å². The Bertz CT molecular complexity index is 862. The SMILES string of the molecule is CS(=O)(=O)N(CCNS(=O)(=O)c1ccc(Cl)cc1)Cc1ccco1. The van der Waals surface area contributed by atoms with Crippen LogP contribution in [0.15, 0.2) is 52.0 Å². The molecule has 7 nitrogen and oxygen atoms in total. The van der Waals surface area contributed by atoms with Gasteiger partial charge in [-0.05, 0) is 36.4 Å². The minimum absolute atomic E-state index is 0.0215. The average molecular weight is 393 g/mol. The fourth-order valence-corrected chi connectivity index (χ4v) is 3.87. The van der Waals surface area contributed by atoms with Crippen molar-refractivity contribution in [2.24, 2.45) is 0 Å². The van der Waals surface area contributed by atoms with Crippen molar-refractivity contribution < 1.29 is 21.3 Å². The summed E-state index contributed by atoms with van der Waals surface area (Å²) in [5.41, 5.74) is 0. The highest BCUT2D eigenvalue weighted by molar-refractivity contribution is 7.89. The zero-order valence-corrected chi connectivity index (χ0v) is 15.2. The minimum Gasteiger partial charge on any atom is -0.468 e. The van der Waals surface area contributed by atoms with Gasteiger partial charge in [0.1, 0.15) is 5.76 Å². The lowest BCUT2D eigenvalue weighted by molar-refractivity contribution is 0.368. The van der Waals surface area contributed by atoms with E-state index in [1.54, 1.807) is 12.1 Å². The minimum atomic E-state index is -3.73. The third kappa shape index (κ3) is 5.32. The monoisotopic (exact) mass is 392 g/mol. The highest BCUT2D eigenvalue weighted by atomic mass is 35.5. The van der Waals surface area contributed by atoms with Crippen LogP contribution in [0.5, 0.6) is 0 Å². The molecule has 24 heavy (non-hydrogen) atoms. The predicted molar refractivity (Wildman–Crippen MR) is 90.6 cm³/mol. The van der Waals surface area contributed by atoms with Crippen molar-refractivity contribution in [1.29, 1.82) is 0 Å². The molecule has 1 aromatic heterocycles. The van der Waals surface area contributed by atoms with Crippen LogP contribution in [0.3, 0.4) is 0 Å². The maximum Gasteiger partial charge on any atom is 0.240 e. The van der Waals surface area contributed by atoms with E-state index in [0.29, 0.717) is 10.8 Å². The van der Waals surface area contributed by atoms with Crippen molar-refractivity contribution in [2.75, 3.05) is 19.3 Å². The molecular formula is C14H17ClN2O5S2. The summed E-state index contributed by atoms with van der Waals surface area (Å²) in [7, 11) is -7.24. The summed E-state index contributed by atoms with van der Waals surface area (Å²) in [6.07, 6.45) is 2.50. The topological polar surface area (TPSA) is 96.7 Å². The van der Waals surface area contributed by atoms with Gasteiger partial charge in [-0.25, -0.2) is 21.6 Å². The molecule has 0 atom stereocenters. The van der Waals surface area contributed by atoms with Crippen molar-refractivity contribution in [2.45, 2.75) is 11.4 Å². The van der Waals surface area contributed by atoms with Crippen molar-refractivity contribution in [1.82, 2.24) is 9.03 Å². The summed E-state index contributed by atoms with van der Waals surface area (Å²) in [5.74, 6) is 0.473. The van der Waals surface area contributed by atoms with Crippen molar-refractivity contribution in [3.8, 4) is 0 Å². The fourth-order valence-electron chi connectivity index (χ4n) is 1.94. The third-order valence-electron chi connectivity index (χ3n) is 3.16. The largest absolute Gasteiger partial charge is 0.468 e. The molecular weight excluding hydrogens is 376 g/mol. The first-order valence-electron chi connectivity index (χ1n) is 6.91. The van der Waals surface area contributed by atoms with Crippen molar-refractivity contribution in [3.63, 3.8) is 0 Å². The second-order valence-corrected chi connectivity index (χ2v) is 9.21. The molecule has 0 aliphatic carbocycles. The number of sulfonamides is 2. The molecule has 1 heterocycles. The molecule has 0 fully saturated rings. The Hall–Kier alpha value is -1.39. The Kier molecular flexibility index (Phi) is 6.05. The zero-order chi connectivity index (χ0) is 17.8. The lowest BCUT2D eigenvalue weighted by atomic mass is 10.4. The van der Waals surface area contributed by atoms with Crippen LogP contribution in [-0.2, 0) is 26.6 Å². The van der Waals surface area contributed by atoms with E-state index in [4.69, 9.17) is 16.0 Å². The van der Waals surface area contributed by atoms with E-state index in [1.165, 1.54) is 30.5 Å². The van der Waals surface area contributed by atoms with E-state index < -0.39 is 20.0 Å². The van der Waals surface area contributed by atoms with Crippen LogP contribution in [0.2, 0.25) is 5.02 Å². The van der Waals surface area contributed by atoms with E-state index >= 15 is 0 Å². The summed E-state index contributed by atoms with van der Waals surface area (Å²) in [6, 6.07) is 8.99. The Morgan fingerprint density at radius 3 is 2.33 bits per heavy atom. The maximum absolute atomic E-state index is 12.2. The van der Waals surface area contributed by atoms with Gasteiger partial charge >= 0.3 is 0 Å². The average Bonchev–Trinajstić information content (AvgIpc) is 2.98. The smallest absolute Gasteiger partial charge is 0.240 e. The number of nitrogens with zero attached hydrogens (tertiary/aromatic N) is 1. The van der Waals surface area contributed by atoms with E-state index in [1.807, 2.05) is 0 Å². The molecule has 132 valence electrons. The van der Waals surface area contributed by atoms with Crippen LogP contribution in [0.25, 0.3) is 0 Å². The normalized spacial score (nSPS) is 12.6. The number of hydrogen-bond donors (Lipinski definition) is 1. The quantitative estimate of drug-likeness (QED) is 0.737. The van der Waals surface area contributed by atoms with Gasteiger partial charge in [-0.1, -0.05) is 11.6 Å². The van der Waals surface area contributed by atoms with Gasteiger partial charge in [-0.2, -0.15) is 4.31 Å². The molecule has 0 aliphatic rings. The molecule has 2 aromatic rings. The van der Waals surface area contributed by atoms with Gasteiger partial charge in [-0.15, -0.1) is 0 Å². The number of furan rings is 1. The Labute approximate surface area is 146 Å². The summed E-state index contributed by atoms with van der Waals surface area (Å²) < 4.78 is 56.6. The van der Waals surface area contributed by atoms with Gasteiger partial charge in [0, 0.05) is 18.1 Å². The number of rotatable bonds is 8. The molecule has 1 N–H and O–H groups in total. The van der Waals surface area contributed by atoms with Gasteiger partial charge < -0.3 is 4.42 Å². The molecule has 0 aliphatic heterocycles. The molecule has 0 saturated heterocycles. The summed E-state index contributed by atoms with van der Waals surface area (Å²) >= 11 is 5.73. The fraction of sp³-hybridized carbons (Fsp3) is 0.286. The number of nitrogens with one attached hydrogen (secondary N) is 1.